The molecule has 0 spiro atoms. The lowest BCUT2D eigenvalue weighted by Gasteiger charge is -2.30. The average Bonchev–Trinajstić information content (AvgIpc) is 2.68. The lowest BCUT2D eigenvalue weighted by molar-refractivity contribution is -0.150. The van der Waals surface area contributed by atoms with Gasteiger partial charge in [-0.2, -0.15) is 5.10 Å². The van der Waals surface area contributed by atoms with E-state index in [2.05, 4.69) is 23.4 Å². The molecule has 1 heterocycles. The number of rotatable bonds is 8. The van der Waals surface area contributed by atoms with E-state index in [4.69, 9.17) is 4.74 Å². The number of ether oxygens (including phenoxy) is 1. The van der Waals surface area contributed by atoms with Gasteiger partial charge in [-0.3, -0.25) is 9.48 Å². The summed E-state index contributed by atoms with van der Waals surface area (Å²) in [5, 5.41) is 9.00. The zero-order chi connectivity index (χ0) is 16.0. The van der Waals surface area contributed by atoms with Crippen molar-refractivity contribution in [2.24, 2.45) is 7.05 Å². The SMILES string of the molecule is CCNC(C)(CC(C)Sc1cc(C)nn1C)C(=O)OCC. The molecule has 0 amide bonds. The third-order valence-corrected chi connectivity index (χ3v) is 4.46. The van der Waals surface area contributed by atoms with Gasteiger partial charge >= 0.3 is 5.97 Å². The van der Waals surface area contributed by atoms with Crippen molar-refractivity contribution in [3.8, 4) is 0 Å². The molecule has 0 saturated heterocycles. The number of hydrogen-bond donors (Lipinski definition) is 1. The number of likely N-dealkylation sites (N-methyl/N-ethyl adjacent to an activating group) is 1. The minimum absolute atomic E-state index is 0.180. The van der Waals surface area contributed by atoms with Crippen LogP contribution in [0.2, 0.25) is 0 Å². The van der Waals surface area contributed by atoms with Gasteiger partial charge in [0.25, 0.3) is 0 Å². The molecular weight excluding hydrogens is 286 g/mol. The number of aryl methyl sites for hydroxylation is 2. The fourth-order valence-electron chi connectivity index (χ4n) is 2.43. The van der Waals surface area contributed by atoms with Crippen LogP contribution in [0.4, 0.5) is 0 Å². The van der Waals surface area contributed by atoms with Crippen LogP contribution >= 0.6 is 11.8 Å². The van der Waals surface area contributed by atoms with Gasteiger partial charge in [-0.1, -0.05) is 13.8 Å². The summed E-state index contributed by atoms with van der Waals surface area (Å²) in [6.45, 7) is 11.0. The fourth-order valence-corrected chi connectivity index (χ4v) is 3.69. The highest BCUT2D eigenvalue weighted by Crippen LogP contribution is 2.29. The molecule has 2 atom stereocenters. The maximum atomic E-state index is 12.2. The van der Waals surface area contributed by atoms with Gasteiger partial charge in [0, 0.05) is 12.3 Å². The Morgan fingerprint density at radius 3 is 2.71 bits per heavy atom. The molecule has 0 fully saturated rings. The van der Waals surface area contributed by atoms with E-state index in [1.54, 1.807) is 11.8 Å². The standard InChI is InChI=1S/C15H27N3O2S/c1-7-16-15(5,14(19)20-8-2)10-12(4)21-13-9-11(3)17-18(13)6/h9,12,16H,7-8,10H2,1-6H3. The highest BCUT2D eigenvalue weighted by atomic mass is 32.2. The summed E-state index contributed by atoms with van der Waals surface area (Å²) in [4.78, 5) is 12.2. The van der Waals surface area contributed by atoms with Gasteiger partial charge in [-0.15, -0.1) is 11.8 Å². The van der Waals surface area contributed by atoms with E-state index in [9.17, 15) is 4.79 Å². The number of nitrogens with one attached hydrogen (secondary N) is 1. The van der Waals surface area contributed by atoms with E-state index in [1.807, 2.05) is 39.4 Å². The molecule has 0 radical (unpaired) electrons. The van der Waals surface area contributed by atoms with E-state index in [-0.39, 0.29) is 11.2 Å². The summed E-state index contributed by atoms with van der Waals surface area (Å²) in [7, 11) is 1.94. The second-order valence-corrected chi connectivity index (χ2v) is 6.92. The first-order chi connectivity index (χ1) is 9.82. The quantitative estimate of drug-likeness (QED) is 0.590. The first-order valence-corrected chi connectivity index (χ1v) is 8.30. The third kappa shape index (κ3) is 5.04. The van der Waals surface area contributed by atoms with Crippen molar-refractivity contribution in [1.82, 2.24) is 15.1 Å². The maximum absolute atomic E-state index is 12.2. The molecule has 0 bridgehead atoms. The summed E-state index contributed by atoms with van der Waals surface area (Å²) in [6.07, 6.45) is 0.703. The molecule has 5 nitrogen and oxygen atoms in total. The Labute approximate surface area is 131 Å². The highest BCUT2D eigenvalue weighted by molar-refractivity contribution is 7.99. The molecule has 2 unspecified atom stereocenters. The van der Waals surface area contributed by atoms with Gasteiger partial charge in [0.2, 0.25) is 0 Å². The number of aromatic nitrogens is 2. The predicted molar refractivity (Wildman–Crippen MR) is 86.6 cm³/mol. The zero-order valence-electron chi connectivity index (χ0n) is 13.9. The molecule has 0 aliphatic heterocycles. The van der Waals surface area contributed by atoms with Crippen LogP contribution in [-0.2, 0) is 16.6 Å². The van der Waals surface area contributed by atoms with Gasteiger partial charge in [0.05, 0.1) is 17.3 Å². The van der Waals surface area contributed by atoms with Gasteiger partial charge in [0.1, 0.15) is 5.54 Å². The summed E-state index contributed by atoms with van der Waals surface area (Å²) in [5.74, 6) is -0.180. The van der Waals surface area contributed by atoms with E-state index in [1.165, 1.54) is 0 Å². The first-order valence-electron chi connectivity index (χ1n) is 7.42. The van der Waals surface area contributed by atoms with Crippen molar-refractivity contribution >= 4 is 17.7 Å². The van der Waals surface area contributed by atoms with Crippen LogP contribution in [0.5, 0.6) is 0 Å². The van der Waals surface area contributed by atoms with Gasteiger partial charge in [0.15, 0.2) is 0 Å². The van der Waals surface area contributed by atoms with E-state index in [0.717, 1.165) is 17.3 Å². The Kier molecular flexibility index (Phi) is 6.74. The number of carbonyl (C=O) groups is 1. The molecule has 1 aromatic heterocycles. The van der Waals surface area contributed by atoms with Crippen LogP contribution in [0.25, 0.3) is 0 Å². The molecule has 1 aromatic rings. The average molecular weight is 313 g/mol. The minimum Gasteiger partial charge on any atom is -0.465 e. The van der Waals surface area contributed by atoms with E-state index >= 15 is 0 Å². The number of esters is 1. The van der Waals surface area contributed by atoms with Gasteiger partial charge in [-0.05, 0) is 39.8 Å². The van der Waals surface area contributed by atoms with Crippen molar-refractivity contribution in [1.29, 1.82) is 0 Å². The van der Waals surface area contributed by atoms with Crippen molar-refractivity contribution < 1.29 is 9.53 Å². The number of thioether (sulfide) groups is 1. The molecule has 1 rings (SSSR count). The molecule has 21 heavy (non-hydrogen) atoms. The smallest absolute Gasteiger partial charge is 0.326 e. The Hall–Kier alpha value is -1.01. The number of nitrogens with zero attached hydrogens (tertiary/aromatic N) is 2. The minimum atomic E-state index is -0.648. The van der Waals surface area contributed by atoms with Crippen LogP contribution in [0, 0.1) is 6.92 Å². The monoisotopic (exact) mass is 313 g/mol. The fraction of sp³-hybridized carbons (Fsp3) is 0.733. The maximum Gasteiger partial charge on any atom is 0.326 e. The summed E-state index contributed by atoms with van der Waals surface area (Å²) < 4.78 is 7.09. The van der Waals surface area contributed by atoms with Crippen LogP contribution in [-0.4, -0.2) is 39.7 Å². The van der Waals surface area contributed by atoms with Crippen LogP contribution in [0.1, 0.15) is 39.8 Å². The van der Waals surface area contributed by atoms with Gasteiger partial charge < -0.3 is 10.1 Å². The molecule has 6 heteroatoms. The Morgan fingerprint density at radius 2 is 2.24 bits per heavy atom. The second-order valence-electron chi connectivity index (χ2n) is 5.46. The van der Waals surface area contributed by atoms with Crippen LogP contribution < -0.4 is 5.32 Å². The van der Waals surface area contributed by atoms with Crippen molar-refractivity contribution in [2.75, 3.05) is 13.2 Å². The first kappa shape index (κ1) is 18.0. The van der Waals surface area contributed by atoms with Crippen LogP contribution in [0.15, 0.2) is 11.1 Å². The highest BCUT2D eigenvalue weighted by Gasteiger charge is 2.35. The second kappa shape index (κ2) is 7.84. The third-order valence-electron chi connectivity index (χ3n) is 3.27. The Bertz CT molecular complexity index is 475. The predicted octanol–water partition coefficient (Wildman–Crippen LogP) is 2.53. The number of carbonyl (C=O) groups excluding carboxylic acids is 1. The zero-order valence-corrected chi connectivity index (χ0v) is 14.7. The summed E-state index contributed by atoms with van der Waals surface area (Å²) in [6, 6.07) is 2.07. The molecule has 0 saturated carbocycles. The summed E-state index contributed by atoms with van der Waals surface area (Å²) >= 11 is 1.73. The molecule has 120 valence electrons. The topological polar surface area (TPSA) is 56.2 Å². The van der Waals surface area contributed by atoms with Gasteiger partial charge in [-0.25, -0.2) is 0 Å². The molecule has 0 aliphatic rings. The molecular formula is C15H27N3O2S. The van der Waals surface area contributed by atoms with E-state index in [0.29, 0.717) is 13.0 Å². The molecule has 0 aliphatic carbocycles. The van der Waals surface area contributed by atoms with E-state index < -0.39 is 5.54 Å². The Balaban J connectivity index is 2.74. The largest absolute Gasteiger partial charge is 0.465 e. The normalized spacial score (nSPS) is 15.5. The van der Waals surface area contributed by atoms with Crippen molar-refractivity contribution in [3.05, 3.63) is 11.8 Å². The van der Waals surface area contributed by atoms with Crippen LogP contribution in [0.3, 0.4) is 0 Å². The lowest BCUT2D eigenvalue weighted by atomic mass is 9.96. The van der Waals surface area contributed by atoms with Crippen molar-refractivity contribution in [3.63, 3.8) is 0 Å². The Morgan fingerprint density at radius 1 is 1.57 bits per heavy atom. The lowest BCUT2D eigenvalue weighted by Crippen LogP contribution is -2.51. The van der Waals surface area contributed by atoms with Crippen molar-refractivity contribution in [2.45, 2.75) is 56.9 Å². The molecule has 0 aromatic carbocycles. The molecule has 1 N–H and O–H groups in total. The number of hydrogen-bond acceptors (Lipinski definition) is 5. The summed E-state index contributed by atoms with van der Waals surface area (Å²) in [5.41, 5.74) is 0.359.